The van der Waals surface area contributed by atoms with Gasteiger partial charge in [-0.1, -0.05) is 13.8 Å². The minimum Gasteiger partial charge on any atom is -0.394 e. The number of carbonyl (C=O) groups is 1. The molecule has 0 spiro atoms. The largest absolute Gasteiger partial charge is 0.394 e. The monoisotopic (exact) mass is 235 g/mol. The van der Waals surface area contributed by atoms with E-state index >= 15 is 0 Å². The van der Waals surface area contributed by atoms with Crippen molar-refractivity contribution >= 4 is 5.91 Å². The number of nitrogens with one attached hydrogen (secondary N) is 1. The molecule has 0 saturated carbocycles. The van der Waals surface area contributed by atoms with E-state index in [4.69, 9.17) is 5.11 Å². The molecule has 0 fully saturated rings. The van der Waals surface area contributed by atoms with E-state index in [9.17, 15) is 20.1 Å². The molecular weight excluding hydrogens is 214 g/mol. The van der Waals surface area contributed by atoms with Gasteiger partial charge in [-0.25, -0.2) is 0 Å². The van der Waals surface area contributed by atoms with Crippen molar-refractivity contribution in [1.82, 2.24) is 5.32 Å². The van der Waals surface area contributed by atoms with E-state index in [2.05, 4.69) is 5.32 Å². The van der Waals surface area contributed by atoms with E-state index in [0.717, 1.165) is 0 Å². The molecule has 0 aromatic rings. The lowest BCUT2D eigenvalue weighted by Gasteiger charge is -2.26. The summed E-state index contributed by atoms with van der Waals surface area (Å²) < 4.78 is 0. The molecule has 0 aliphatic rings. The molecule has 0 bridgehead atoms. The normalized spacial score (nSPS) is 18.6. The zero-order chi connectivity index (χ0) is 12.7. The van der Waals surface area contributed by atoms with Crippen molar-refractivity contribution in [1.29, 1.82) is 0 Å². The van der Waals surface area contributed by atoms with Crippen molar-refractivity contribution in [2.24, 2.45) is 5.92 Å². The summed E-state index contributed by atoms with van der Waals surface area (Å²) >= 11 is 0. The van der Waals surface area contributed by atoms with Crippen LogP contribution in [0.1, 0.15) is 20.3 Å². The SMILES string of the molecule is CCC(=O)NCC(O)C(C)C(O)C(O)CO. The third-order valence-electron chi connectivity index (χ3n) is 2.56. The molecule has 1 amide bonds. The van der Waals surface area contributed by atoms with Gasteiger partial charge in [-0.05, 0) is 0 Å². The average Bonchev–Trinajstić information content (AvgIpc) is 2.32. The molecule has 16 heavy (non-hydrogen) atoms. The molecule has 0 aromatic carbocycles. The Morgan fingerprint density at radius 1 is 1.25 bits per heavy atom. The Hall–Kier alpha value is -0.690. The Morgan fingerprint density at radius 2 is 1.81 bits per heavy atom. The van der Waals surface area contributed by atoms with Crippen LogP contribution in [-0.2, 0) is 4.79 Å². The van der Waals surface area contributed by atoms with Crippen LogP contribution in [0.2, 0.25) is 0 Å². The van der Waals surface area contributed by atoms with Gasteiger partial charge in [0.05, 0.1) is 18.8 Å². The molecule has 0 aliphatic heterocycles. The standard InChI is InChI=1S/C10H21NO5/c1-3-9(15)11-4-7(13)6(2)10(16)8(14)5-12/h6-8,10,12-14,16H,3-5H2,1-2H3,(H,11,15). The predicted molar refractivity (Wildman–Crippen MR) is 57.6 cm³/mol. The summed E-state index contributed by atoms with van der Waals surface area (Å²) in [6.45, 7) is 2.67. The highest BCUT2D eigenvalue weighted by Crippen LogP contribution is 2.11. The molecule has 6 heteroatoms. The van der Waals surface area contributed by atoms with Gasteiger partial charge in [0, 0.05) is 18.9 Å². The van der Waals surface area contributed by atoms with Crippen molar-refractivity contribution in [3.05, 3.63) is 0 Å². The first-order chi connectivity index (χ1) is 7.43. The molecular formula is C10H21NO5. The van der Waals surface area contributed by atoms with Crippen LogP contribution >= 0.6 is 0 Å². The summed E-state index contributed by atoms with van der Waals surface area (Å²) in [5, 5.41) is 39.4. The summed E-state index contributed by atoms with van der Waals surface area (Å²) in [6, 6.07) is 0. The van der Waals surface area contributed by atoms with Crippen molar-refractivity contribution in [3.8, 4) is 0 Å². The zero-order valence-electron chi connectivity index (χ0n) is 9.63. The van der Waals surface area contributed by atoms with Gasteiger partial charge in [0.1, 0.15) is 6.10 Å². The Labute approximate surface area is 94.9 Å². The highest BCUT2D eigenvalue weighted by Gasteiger charge is 2.27. The molecule has 5 N–H and O–H groups in total. The van der Waals surface area contributed by atoms with Gasteiger partial charge in [0.25, 0.3) is 0 Å². The van der Waals surface area contributed by atoms with Gasteiger partial charge in [-0.3, -0.25) is 4.79 Å². The molecule has 0 aliphatic carbocycles. The molecule has 6 nitrogen and oxygen atoms in total. The summed E-state index contributed by atoms with van der Waals surface area (Å²) in [5.74, 6) is -0.831. The lowest BCUT2D eigenvalue weighted by Crippen LogP contribution is -2.44. The molecule has 96 valence electrons. The fourth-order valence-corrected chi connectivity index (χ4v) is 1.22. The van der Waals surface area contributed by atoms with Gasteiger partial charge in [0.15, 0.2) is 0 Å². The third kappa shape index (κ3) is 4.89. The molecule has 0 radical (unpaired) electrons. The number of aliphatic hydroxyl groups excluding tert-OH is 4. The zero-order valence-corrected chi connectivity index (χ0v) is 9.63. The second kappa shape index (κ2) is 7.56. The maximum atomic E-state index is 10.9. The Kier molecular flexibility index (Phi) is 7.24. The minimum absolute atomic E-state index is 0.0169. The van der Waals surface area contributed by atoms with E-state index in [0.29, 0.717) is 6.42 Å². The Morgan fingerprint density at radius 3 is 2.25 bits per heavy atom. The Balaban J connectivity index is 4.06. The minimum atomic E-state index is -1.29. The highest BCUT2D eigenvalue weighted by atomic mass is 16.4. The molecule has 0 heterocycles. The lowest BCUT2D eigenvalue weighted by atomic mass is 9.94. The van der Waals surface area contributed by atoms with Crippen LogP contribution in [0.5, 0.6) is 0 Å². The fourth-order valence-electron chi connectivity index (χ4n) is 1.22. The average molecular weight is 235 g/mol. The molecule has 0 aromatic heterocycles. The first-order valence-electron chi connectivity index (χ1n) is 5.35. The first kappa shape index (κ1) is 15.3. The van der Waals surface area contributed by atoms with E-state index in [1.54, 1.807) is 6.92 Å². The summed E-state index contributed by atoms with van der Waals surface area (Å²) in [4.78, 5) is 10.9. The summed E-state index contributed by atoms with van der Waals surface area (Å²) in [7, 11) is 0. The number of amides is 1. The lowest BCUT2D eigenvalue weighted by molar-refractivity contribution is -0.122. The number of carbonyl (C=O) groups excluding carboxylic acids is 1. The van der Waals surface area contributed by atoms with Gasteiger partial charge in [-0.15, -0.1) is 0 Å². The number of rotatable bonds is 7. The Bertz CT molecular complexity index is 211. The predicted octanol–water partition coefficient (Wildman–Crippen LogP) is -1.78. The second-order valence-corrected chi connectivity index (χ2v) is 3.82. The van der Waals surface area contributed by atoms with Gasteiger partial charge < -0.3 is 25.7 Å². The van der Waals surface area contributed by atoms with Gasteiger partial charge in [0.2, 0.25) is 5.91 Å². The van der Waals surface area contributed by atoms with Crippen LogP contribution < -0.4 is 5.32 Å². The van der Waals surface area contributed by atoms with Crippen LogP contribution in [0.4, 0.5) is 0 Å². The maximum absolute atomic E-state index is 10.9. The molecule has 0 rings (SSSR count). The highest BCUT2D eigenvalue weighted by molar-refractivity contribution is 5.75. The van der Waals surface area contributed by atoms with Crippen molar-refractivity contribution < 1.29 is 25.2 Å². The summed E-state index contributed by atoms with van der Waals surface area (Å²) in [6.07, 6.45) is -3.15. The molecule has 4 unspecified atom stereocenters. The van der Waals surface area contributed by atoms with Crippen molar-refractivity contribution in [3.63, 3.8) is 0 Å². The number of hydrogen-bond donors (Lipinski definition) is 5. The quantitative estimate of drug-likeness (QED) is 0.358. The second-order valence-electron chi connectivity index (χ2n) is 3.82. The van der Waals surface area contributed by atoms with Crippen LogP contribution in [0.15, 0.2) is 0 Å². The fraction of sp³-hybridized carbons (Fsp3) is 0.900. The van der Waals surface area contributed by atoms with Gasteiger partial charge >= 0.3 is 0 Å². The smallest absolute Gasteiger partial charge is 0.219 e. The molecule has 0 saturated heterocycles. The number of aliphatic hydroxyl groups is 4. The van der Waals surface area contributed by atoms with Crippen molar-refractivity contribution in [2.45, 2.75) is 38.6 Å². The first-order valence-corrected chi connectivity index (χ1v) is 5.35. The maximum Gasteiger partial charge on any atom is 0.219 e. The third-order valence-corrected chi connectivity index (χ3v) is 2.56. The van der Waals surface area contributed by atoms with Crippen LogP contribution in [0, 0.1) is 5.92 Å². The van der Waals surface area contributed by atoms with E-state index in [1.165, 1.54) is 6.92 Å². The van der Waals surface area contributed by atoms with Crippen LogP contribution in [-0.4, -0.2) is 57.8 Å². The summed E-state index contributed by atoms with van der Waals surface area (Å²) in [5.41, 5.74) is 0. The van der Waals surface area contributed by atoms with Crippen LogP contribution in [0.25, 0.3) is 0 Å². The molecule has 4 atom stereocenters. The van der Waals surface area contributed by atoms with Crippen molar-refractivity contribution in [2.75, 3.05) is 13.2 Å². The van der Waals surface area contributed by atoms with E-state index < -0.39 is 30.8 Å². The topological polar surface area (TPSA) is 110 Å². The van der Waals surface area contributed by atoms with E-state index in [-0.39, 0.29) is 12.5 Å². The van der Waals surface area contributed by atoms with Gasteiger partial charge in [-0.2, -0.15) is 0 Å². The van der Waals surface area contributed by atoms with Crippen LogP contribution in [0.3, 0.4) is 0 Å². The number of hydrogen-bond acceptors (Lipinski definition) is 5. The van der Waals surface area contributed by atoms with E-state index in [1.807, 2.05) is 0 Å².